The van der Waals surface area contributed by atoms with Gasteiger partial charge in [-0.05, 0) is 58.0 Å². The van der Waals surface area contributed by atoms with Crippen molar-refractivity contribution in [3.63, 3.8) is 0 Å². The first kappa shape index (κ1) is 31.8. The molecular formula is C49H34N4. The highest BCUT2D eigenvalue weighted by molar-refractivity contribution is 5.99. The lowest BCUT2D eigenvalue weighted by Gasteiger charge is -2.27. The highest BCUT2D eigenvalue weighted by Gasteiger charge is 2.16. The third-order valence-corrected chi connectivity index (χ3v) is 9.54. The van der Waals surface area contributed by atoms with Crippen LogP contribution in [-0.4, -0.2) is 15.0 Å². The van der Waals surface area contributed by atoms with Crippen LogP contribution in [0.5, 0.6) is 0 Å². The maximum Gasteiger partial charge on any atom is 0.164 e. The van der Waals surface area contributed by atoms with E-state index in [1.807, 2.05) is 60.7 Å². The first-order chi connectivity index (χ1) is 26.3. The summed E-state index contributed by atoms with van der Waals surface area (Å²) in [6.45, 7) is 0. The van der Waals surface area contributed by atoms with Crippen molar-refractivity contribution in [2.45, 2.75) is 0 Å². The van der Waals surface area contributed by atoms with E-state index in [1.54, 1.807) is 0 Å². The average Bonchev–Trinajstić information content (AvgIpc) is 3.25. The summed E-state index contributed by atoms with van der Waals surface area (Å²) >= 11 is 0. The van der Waals surface area contributed by atoms with Crippen LogP contribution in [0.2, 0.25) is 0 Å². The van der Waals surface area contributed by atoms with Crippen LogP contribution in [0.3, 0.4) is 0 Å². The van der Waals surface area contributed by atoms with Crippen molar-refractivity contribution in [1.82, 2.24) is 15.0 Å². The van der Waals surface area contributed by atoms with Crippen molar-refractivity contribution < 1.29 is 0 Å². The van der Waals surface area contributed by atoms with Crippen molar-refractivity contribution in [2.75, 3.05) is 4.90 Å². The van der Waals surface area contributed by atoms with Crippen molar-refractivity contribution in [3.8, 4) is 56.4 Å². The minimum absolute atomic E-state index is 0.642. The first-order valence-corrected chi connectivity index (χ1v) is 17.8. The Labute approximate surface area is 309 Å². The summed E-state index contributed by atoms with van der Waals surface area (Å²) < 4.78 is 0. The highest BCUT2D eigenvalue weighted by atomic mass is 15.1. The monoisotopic (exact) mass is 678 g/mol. The van der Waals surface area contributed by atoms with E-state index in [0.717, 1.165) is 44.9 Å². The van der Waals surface area contributed by atoms with Gasteiger partial charge in [0, 0.05) is 33.5 Å². The molecule has 9 aromatic rings. The molecule has 0 saturated carbocycles. The third-order valence-electron chi connectivity index (χ3n) is 9.54. The van der Waals surface area contributed by atoms with Gasteiger partial charge in [-0.15, -0.1) is 0 Å². The van der Waals surface area contributed by atoms with Crippen LogP contribution in [0.25, 0.3) is 67.2 Å². The lowest BCUT2D eigenvalue weighted by Crippen LogP contribution is -2.10. The Hall–Kier alpha value is -7.17. The number of hydrogen-bond donors (Lipinski definition) is 0. The fraction of sp³-hybridized carbons (Fsp3) is 0. The highest BCUT2D eigenvalue weighted by Crippen LogP contribution is 2.40. The van der Waals surface area contributed by atoms with Gasteiger partial charge < -0.3 is 4.90 Å². The summed E-state index contributed by atoms with van der Waals surface area (Å²) in [5.74, 6) is 1.95. The molecule has 0 aliphatic carbocycles. The van der Waals surface area contributed by atoms with Crippen molar-refractivity contribution in [2.24, 2.45) is 0 Å². The second kappa shape index (κ2) is 14.2. The van der Waals surface area contributed by atoms with Crippen molar-refractivity contribution >= 4 is 27.8 Å². The molecule has 0 amide bonds. The predicted octanol–water partition coefficient (Wildman–Crippen LogP) is 12.8. The van der Waals surface area contributed by atoms with Gasteiger partial charge in [-0.1, -0.05) is 176 Å². The number of benzene rings is 8. The topological polar surface area (TPSA) is 41.9 Å². The lowest BCUT2D eigenvalue weighted by atomic mass is 10.0. The van der Waals surface area contributed by atoms with Gasteiger partial charge in [0.25, 0.3) is 0 Å². The summed E-state index contributed by atoms with van der Waals surface area (Å²) in [6.07, 6.45) is 0. The molecule has 53 heavy (non-hydrogen) atoms. The Morgan fingerprint density at radius 2 is 0.604 bits per heavy atom. The Morgan fingerprint density at radius 1 is 0.264 bits per heavy atom. The second-order valence-electron chi connectivity index (χ2n) is 12.9. The molecule has 8 aromatic carbocycles. The molecule has 1 aromatic heterocycles. The van der Waals surface area contributed by atoms with Crippen LogP contribution >= 0.6 is 0 Å². The summed E-state index contributed by atoms with van der Waals surface area (Å²) in [4.78, 5) is 17.0. The zero-order chi connectivity index (χ0) is 35.4. The number of fused-ring (bicyclic) bond motifs is 1. The van der Waals surface area contributed by atoms with Crippen LogP contribution in [0, 0.1) is 0 Å². The van der Waals surface area contributed by atoms with Crippen LogP contribution in [0.1, 0.15) is 0 Å². The van der Waals surface area contributed by atoms with E-state index < -0.39 is 0 Å². The van der Waals surface area contributed by atoms with E-state index in [1.165, 1.54) is 21.9 Å². The normalized spacial score (nSPS) is 11.0. The van der Waals surface area contributed by atoms with E-state index in [2.05, 4.69) is 150 Å². The van der Waals surface area contributed by atoms with Crippen LogP contribution < -0.4 is 4.90 Å². The maximum atomic E-state index is 4.91. The SMILES string of the molecule is c1ccc(-c2ccc(N(c3ccc(-c4ccc(-c5nc(-c6ccccc6)nc(-c6ccccc6)n5)cc4)cc3)c3cccc4ccccc34)cc2)cc1. The van der Waals surface area contributed by atoms with Gasteiger partial charge >= 0.3 is 0 Å². The molecule has 0 radical (unpaired) electrons. The number of rotatable bonds is 8. The maximum absolute atomic E-state index is 4.91. The van der Waals surface area contributed by atoms with Crippen LogP contribution in [0.4, 0.5) is 17.1 Å². The fourth-order valence-corrected chi connectivity index (χ4v) is 6.82. The molecule has 0 fully saturated rings. The quantitative estimate of drug-likeness (QED) is 0.160. The Bertz CT molecular complexity index is 2560. The van der Waals surface area contributed by atoms with Crippen LogP contribution in [-0.2, 0) is 0 Å². The van der Waals surface area contributed by atoms with E-state index in [9.17, 15) is 0 Å². The van der Waals surface area contributed by atoms with E-state index >= 15 is 0 Å². The summed E-state index contributed by atoms with van der Waals surface area (Å²) in [5.41, 5.74) is 10.8. The van der Waals surface area contributed by atoms with Crippen LogP contribution in [0.15, 0.2) is 206 Å². The first-order valence-electron chi connectivity index (χ1n) is 17.8. The average molecular weight is 679 g/mol. The zero-order valence-corrected chi connectivity index (χ0v) is 28.9. The number of nitrogens with zero attached hydrogens (tertiary/aromatic N) is 4. The molecule has 0 bridgehead atoms. The Morgan fingerprint density at radius 3 is 1.09 bits per heavy atom. The van der Waals surface area contributed by atoms with Gasteiger partial charge in [-0.3, -0.25) is 0 Å². The molecule has 0 aliphatic heterocycles. The molecule has 0 N–H and O–H groups in total. The minimum atomic E-state index is 0.642. The summed E-state index contributed by atoms with van der Waals surface area (Å²) in [7, 11) is 0. The van der Waals surface area contributed by atoms with Gasteiger partial charge in [-0.2, -0.15) is 0 Å². The number of anilines is 3. The minimum Gasteiger partial charge on any atom is -0.310 e. The summed E-state index contributed by atoms with van der Waals surface area (Å²) in [6, 6.07) is 71.9. The molecule has 4 nitrogen and oxygen atoms in total. The molecule has 1 heterocycles. The molecule has 0 unspecified atom stereocenters. The molecule has 0 aliphatic rings. The smallest absolute Gasteiger partial charge is 0.164 e. The predicted molar refractivity (Wildman–Crippen MR) is 219 cm³/mol. The lowest BCUT2D eigenvalue weighted by molar-refractivity contribution is 1.07. The molecule has 0 spiro atoms. The second-order valence-corrected chi connectivity index (χ2v) is 12.9. The van der Waals surface area contributed by atoms with E-state index in [-0.39, 0.29) is 0 Å². The van der Waals surface area contributed by atoms with Crippen molar-refractivity contribution in [3.05, 3.63) is 206 Å². The molecule has 250 valence electrons. The molecule has 4 heteroatoms. The largest absolute Gasteiger partial charge is 0.310 e. The molecular weight excluding hydrogens is 645 g/mol. The Balaban J connectivity index is 1.06. The van der Waals surface area contributed by atoms with Gasteiger partial charge in [0.05, 0.1) is 5.69 Å². The van der Waals surface area contributed by atoms with E-state index in [4.69, 9.17) is 15.0 Å². The zero-order valence-electron chi connectivity index (χ0n) is 28.9. The molecule has 0 saturated heterocycles. The van der Waals surface area contributed by atoms with Crippen molar-refractivity contribution in [1.29, 1.82) is 0 Å². The fourth-order valence-electron chi connectivity index (χ4n) is 6.82. The summed E-state index contributed by atoms with van der Waals surface area (Å²) in [5, 5.41) is 2.41. The number of aromatic nitrogens is 3. The van der Waals surface area contributed by atoms with Gasteiger partial charge in [0.15, 0.2) is 17.5 Å². The van der Waals surface area contributed by atoms with Gasteiger partial charge in [0.1, 0.15) is 0 Å². The van der Waals surface area contributed by atoms with Gasteiger partial charge in [-0.25, -0.2) is 15.0 Å². The van der Waals surface area contributed by atoms with Gasteiger partial charge in [0.2, 0.25) is 0 Å². The third kappa shape index (κ3) is 6.58. The number of hydrogen-bond acceptors (Lipinski definition) is 4. The standard InChI is InChI=1S/C49H34N4/c1-4-13-35(14-5-1)37-27-31-43(32-28-37)53(46-22-12-20-39-15-10-11-21-45(39)46)44-33-29-38(30-34-44)36-23-25-42(26-24-36)49-51-47(40-16-6-2-7-17-40)50-48(52-49)41-18-8-3-9-19-41/h1-34H. The Kier molecular flexibility index (Phi) is 8.53. The molecule has 0 atom stereocenters. The molecule has 9 rings (SSSR count). The van der Waals surface area contributed by atoms with E-state index in [0.29, 0.717) is 17.5 Å².